The molecule has 120 valence electrons. The van der Waals surface area contributed by atoms with Crippen molar-refractivity contribution in [1.82, 2.24) is 0 Å². The summed E-state index contributed by atoms with van der Waals surface area (Å²) in [6.07, 6.45) is 0.741. The first kappa shape index (κ1) is 17.8. The number of halogens is 1. The Bertz CT molecular complexity index is 568. The van der Waals surface area contributed by atoms with Crippen LogP contribution in [0, 0.1) is 5.82 Å². The average Bonchev–Trinajstić information content (AvgIpc) is 2.44. The molecule has 0 heterocycles. The Morgan fingerprint density at radius 3 is 2.50 bits per heavy atom. The zero-order valence-electron chi connectivity index (χ0n) is 12.8. The van der Waals surface area contributed by atoms with Crippen LogP contribution in [0.4, 0.5) is 4.39 Å². The van der Waals surface area contributed by atoms with Crippen LogP contribution in [0.15, 0.2) is 18.2 Å². The van der Waals surface area contributed by atoms with E-state index in [1.165, 1.54) is 19.1 Å². The SMILES string of the molecule is CCOC(=O)C(=O)c1ccc(CCC(C)OC(C)=O)cc1F. The maximum atomic E-state index is 13.9. The summed E-state index contributed by atoms with van der Waals surface area (Å²) < 4.78 is 23.5. The second kappa shape index (κ2) is 8.26. The van der Waals surface area contributed by atoms with Crippen LogP contribution in [0.2, 0.25) is 0 Å². The van der Waals surface area contributed by atoms with E-state index in [4.69, 9.17) is 4.74 Å². The van der Waals surface area contributed by atoms with Crippen molar-refractivity contribution in [1.29, 1.82) is 0 Å². The van der Waals surface area contributed by atoms with Crippen LogP contribution >= 0.6 is 0 Å². The number of carbonyl (C=O) groups excluding carboxylic acids is 3. The minimum Gasteiger partial charge on any atom is -0.463 e. The monoisotopic (exact) mass is 310 g/mol. The highest BCUT2D eigenvalue weighted by Crippen LogP contribution is 2.15. The molecule has 0 aromatic heterocycles. The first-order valence-corrected chi connectivity index (χ1v) is 7.02. The van der Waals surface area contributed by atoms with Gasteiger partial charge in [-0.2, -0.15) is 0 Å². The number of esters is 2. The van der Waals surface area contributed by atoms with Crippen LogP contribution in [-0.2, 0) is 25.5 Å². The molecule has 5 nitrogen and oxygen atoms in total. The molecule has 1 aromatic carbocycles. The van der Waals surface area contributed by atoms with Gasteiger partial charge in [0.25, 0.3) is 5.78 Å². The predicted octanol–water partition coefficient (Wildman–Crippen LogP) is 2.46. The molecule has 1 unspecified atom stereocenters. The van der Waals surface area contributed by atoms with Crippen molar-refractivity contribution in [3.8, 4) is 0 Å². The molecule has 1 rings (SSSR count). The Kier molecular flexibility index (Phi) is 6.69. The largest absolute Gasteiger partial charge is 0.463 e. The summed E-state index contributed by atoms with van der Waals surface area (Å²) in [4.78, 5) is 33.8. The van der Waals surface area contributed by atoms with Crippen molar-refractivity contribution in [3.05, 3.63) is 35.1 Å². The van der Waals surface area contributed by atoms with Crippen LogP contribution in [0.3, 0.4) is 0 Å². The Hall–Kier alpha value is -2.24. The average molecular weight is 310 g/mol. The first-order valence-electron chi connectivity index (χ1n) is 7.02. The Labute approximate surface area is 128 Å². The third kappa shape index (κ3) is 5.27. The van der Waals surface area contributed by atoms with Gasteiger partial charge in [0, 0.05) is 6.92 Å². The van der Waals surface area contributed by atoms with Crippen LogP contribution < -0.4 is 0 Å². The number of Topliss-reactive ketones (excluding diaryl/α,β-unsaturated/α-hetero) is 1. The van der Waals surface area contributed by atoms with Gasteiger partial charge in [-0.25, -0.2) is 9.18 Å². The van der Waals surface area contributed by atoms with Gasteiger partial charge in [-0.3, -0.25) is 9.59 Å². The molecule has 0 aliphatic carbocycles. The van der Waals surface area contributed by atoms with E-state index < -0.39 is 17.6 Å². The van der Waals surface area contributed by atoms with Crippen molar-refractivity contribution in [3.63, 3.8) is 0 Å². The molecule has 22 heavy (non-hydrogen) atoms. The van der Waals surface area contributed by atoms with Crippen molar-refractivity contribution >= 4 is 17.7 Å². The summed E-state index contributed by atoms with van der Waals surface area (Å²) in [6.45, 7) is 4.69. The maximum Gasteiger partial charge on any atom is 0.379 e. The smallest absolute Gasteiger partial charge is 0.379 e. The second-order valence-electron chi connectivity index (χ2n) is 4.82. The number of ether oxygens (including phenoxy) is 2. The van der Waals surface area contributed by atoms with E-state index in [2.05, 4.69) is 4.74 Å². The maximum absolute atomic E-state index is 13.9. The summed E-state index contributed by atoms with van der Waals surface area (Å²) in [7, 11) is 0. The molecule has 0 spiro atoms. The van der Waals surface area contributed by atoms with Crippen LogP contribution in [0.25, 0.3) is 0 Å². The van der Waals surface area contributed by atoms with E-state index in [9.17, 15) is 18.8 Å². The van der Waals surface area contributed by atoms with E-state index in [0.29, 0.717) is 18.4 Å². The number of rotatable bonds is 7. The normalized spacial score (nSPS) is 11.6. The van der Waals surface area contributed by atoms with Gasteiger partial charge in [0.05, 0.1) is 18.3 Å². The molecule has 0 amide bonds. The fourth-order valence-electron chi connectivity index (χ4n) is 1.92. The van der Waals surface area contributed by atoms with Gasteiger partial charge in [-0.05, 0) is 44.4 Å². The molecule has 0 saturated carbocycles. The Balaban J connectivity index is 2.71. The molecule has 0 aliphatic rings. The van der Waals surface area contributed by atoms with Crippen molar-refractivity contribution in [2.24, 2.45) is 0 Å². The quantitative estimate of drug-likeness (QED) is 0.439. The molecule has 0 aliphatic heterocycles. The summed E-state index contributed by atoms with van der Waals surface area (Å²) >= 11 is 0. The Morgan fingerprint density at radius 1 is 1.27 bits per heavy atom. The molecule has 1 atom stereocenters. The van der Waals surface area contributed by atoms with E-state index >= 15 is 0 Å². The lowest BCUT2D eigenvalue weighted by Crippen LogP contribution is -2.19. The summed E-state index contributed by atoms with van der Waals surface area (Å²) in [5.41, 5.74) is 0.340. The van der Waals surface area contributed by atoms with E-state index in [1.807, 2.05) is 0 Å². The number of benzene rings is 1. The number of hydrogen-bond acceptors (Lipinski definition) is 5. The zero-order valence-corrected chi connectivity index (χ0v) is 12.8. The molecule has 0 saturated heterocycles. The number of carbonyl (C=O) groups is 3. The highest BCUT2D eigenvalue weighted by Gasteiger charge is 2.21. The van der Waals surface area contributed by atoms with Gasteiger partial charge < -0.3 is 9.47 Å². The van der Waals surface area contributed by atoms with Gasteiger partial charge in [0.1, 0.15) is 5.82 Å². The van der Waals surface area contributed by atoms with Crippen molar-refractivity contribution in [2.75, 3.05) is 6.61 Å². The molecular formula is C16H19FO5. The fourth-order valence-corrected chi connectivity index (χ4v) is 1.92. The molecule has 0 bridgehead atoms. The highest BCUT2D eigenvalue weighted by molar-refractivity contribution is 6.40. The lowest BCUT2D eigenvalue weighted by molar-refractivity contribution is -0.145. The Morgan fingerprint density at radius 2 is 1.95 bits per heavy atom. The minimum atomic E-state index is -1.07. The molecule has 0 N–H and O–H groups in total. The van der Waals surface area contributed by atoms with E-state index in [0.717, 1.165) is 0 Å². The molecule has 1 aromatic rings. The lowest BCUT2D eigenvalue weighted by Gasteiger charge is -2.11. The summed E-state index contributed by atoms with van der Waals surface area (Å²) in [5, 5.41) is 0. The van der Waals surface area contributed by atoms with Crippen molar-refractivity contribution < 1.29 is 28.2 Å². The van der Waals surface area contributed by atoms with Gasteiger partial charge in [-0.1, -0.05) is 6.07 Å². The topological polar surface area (TPSA) is 69.7 Å². The van der Waals surface area contributed by atoms with Crippen LogP contribution in [-0.4, -0.2) is 30.4 Å². The molecule has 0 fully saturated rings. The fraction of sp³-hybridized carbons (Fsp3) is 0.438. The number of aryl methyl sites for hydroxylation is 1. The van der Waals surface area contributed by atoms with Crippen LogP contribution in [0.5, 0.6) is 0 Å². The predicted molar refractivity (Wildman–Crippen MR) is 76.9 cm³/mol. The van der Waals surface area contributed by atoms with Gasteiger partial charge in [-0.15, -0.1) is 0 Å². The van der Waals surface area contributed by atoms with Gasteiger partial charge >= 0.3 is 11.9 Å². The van der Waals surface area contributed by atoms with Crippen molar-refractivity contribution in [2.45, 2.75) is 39.7 Å². The van der Waals surface area contributed by atoms with Gasteiger partial charge in [0.2, 0.25) is 0 Å². The lowest BCUT2D eigenvalue weighted by atomic mass is 10.0. The molecule has 6 heteroatoms. The molecule has 0 radical (unpaired) electrons. The van der Waals surface area contributed by atoms with Gasteiger partial charge in [0.15, 0.2) is 0 Å². The summed E-state index contributed by atoms with van der Waals surface area (Å²) in [6, 6.07) is 4.03. The third-order valence-electron chi connectivity index (χ3n) is 2.95. The second-order valence-corrected chi connectivity index (χ2v) is 4.82. The van der Waals surface area contributed by atoms with E-state index in [-0.39, 0.29) is 24.2 Å². The van der Waals surface area contributed by atoms with E-state index in [1.54, 1.807) is 19.9 Å². The first-order chi connectivity index (χ1) is 10.3. The standard InChI is InChI=1S/C16H19FO5/c1-4-21-16(20)15(19)13-8-7-12(9-14(13)17)6-5-10(2)22-11(3)18/h7-10H,4-6H2,1-3H3. The summed E-state index contributed by atoms with van der Waals surface area (Å²) in [5.74, 6) is -3.21. The highest BCUT2D eigenvalue weighted by atomic mass is 19.1. The number of ketones is 1. The zero-order chi connectivity index (χ0) is 16.7. The third-order valence-corrected chi connectivity index (χ3v) is 2.95. The van der Waals surface area contributed by atoms with Crippen LogP contribution in [0.1, 0.15) is 43.1 Å². The number of hydrogen-bond donors (Lipinski definition) is 0. The minimum absolute atomic E-state index is 0.0539. The molecular weight excluding hydrogens is 291 g/mol.